The number of hydrogen-bond donors (Lipinski definition) is 0. The first-order chi connectivity index (χ1) is 7.06. The molecule has 1 rings (SSSR count). The molecule has 0 aliphatic rings. The molecule has 78 valence electrons. The minimum Gasteiger partial charge on any atom is -0.465 e. The molecule has 1 aromatic rings. The van der Waals surface area contributed by atoms with E-state index < -0.39 is 10.9 Å². The largest absolute Gasteiger partial charge is 0.465 e. The average Bonchev–Trinajstić information content (AvgIpc) is 2.27. The molecule has 0 saturated heterocycles. The van der Waals surface area contributed by atoms with E-state index in [4.69, 9.17) is 0 Å². The maximum absolute atomic E-state index is 11.1. The van der Waals surface area contributed by atoms with Gasteiger partial charge in [-0.1, -0.05) is 6.58 Å². The quantitative estimate of drug-likeness (QED) is 0.322. The summed E-state index contributed by atoms with van der Waals surface area (Å²) in [7, 11) is 1.20. The van der Waals surface area contributed by atoms with Crippen LogP contribution in [0.3, 0.4) is 0 Å². The fraction of sp³-hybridized carbons (Fsp3) is 0.111. The van der Waals surface area contributed by atoms with Crippen molar-refractivity contribution >= 4 is 17.2 Å². The minimum absolute atomic E-state index is 0.0128. The summed E-state index contributed by atoms with van der Waals surface area (Å²) in [6, 6.07) is 2.40. The Balaban J connectivity index is 3.05. The van der Waals surface area contributed by atoms with Crippen LogP contribution in [0, 0.1) is 10.1 Å². The zero-order valence-electron chi connectivity index (χ0n) is 7.97. The molecule has 6 heteroatoms. The molecule has 1 heterocycles. The van der Waals surface area contributed by atoms with Crippen molar-refractivity contribution in [3.05, 3.63) is 40.7 Å². The Labute approximate surface area is 85.3 Å². The van der Waals surface area contributed by atoms with Crippen molar-refractivity contribution in [1.82, 2.24) is 4.98 Å². The number of rotatable bonds is 3. The van der Waals surface area contributed by atoms with Gasteiger partial charge in [-0.2, -0.15) is 0 Å². The molecule has 1 aromatic heterocycles. The molecule has 0 spiro atoms. The predicted octanol–water partition coefficient (Wildman–Crippen LogP) is 1.18. The summed E-state index contributed by atoms with van der Waals surface area (Å²) >= 11 is 0. The molecule has 0 amide bonds. The van der Waals surface area contributed by atoms with Gasteiger partial charge in [-0.15, -0.1) is 0 Å². The molecule has 0 N–H and O–H groups in total. The van der Waals surface area contributed by atoms with Crippen LogP contribution in [0.1, 0.15) is 5.69 Å². The van der Waals surface area contributed by atoms with E-state index >= 15 is 0 Å². The number of nitrogens with zero attached hydrogens (tertiary/aromatic N) is 2. The summed E-state index contributed by atoms with van der Waals surface area (Å²) in [4.78, 5) is 24.7. The SMILES string of the molecule is C=C(C(=O)OC)c1cc([N+](=O)[O-])ccn1. The molecule has 0 unspecified atom stereocenters. The van der Waals surface area contributed by atoms with Crippen molar-refractivity contribution in [2.45, 2.75) is 0 Å². The molecular formula is C9H8N2O4. The van der Waals surface area contributed by atoms with Crippen LogP contribution < -0.4 is 0 Å². The molecule has 0 atom stereocenters. The first-order valence-corrected chi connectivity index (χ1v) is 3.94. The topological polar surface area (TPSA) is 82.3 Å². The van der Waals surface area contributed by atoms with Crippen LogP contribution in [0.5, 0.6) is 0 Å². The van der Waals surface area contributed by atoms with E-state index in [-0.39, 0.29) is 17.0 Å². The normalized spacial score (nSPS) is 9.40. The van der Waals surface area contributed by atoms with Gasteiger partial charge < -0.3 is 4.74 Å². The van der Waals surface area contributed by atoms with E-state index in [1.165, 1.54) is 25.4 Å². The van der Waals surface area contributed by atoms with E-state index in [0.29, 0.717) is 0 Å². The number of carbonyl (C=O) groups excluding carboxylic acids is 1. The third kappa shape index (κ3) is 2.37. The van der Waals surface area contributed by atoms with Crippen molar-refractivity contribution < 1.29 is 14.5 Å². The van der Waals surface area contributed by atoms with Gasteiger partial charge in [-0.3, -0.25) is 15.1 Å². The Morgan fingerprint density at radius 1 is 1.67 bits per heavy atom. The Hall–Kier alpha value is -2.24. The molecular weight excluding hydrogens is 200 g/mol. The highest BCUT2D eigenvalue weighted by atomic mass is 16.6. The lowest BCUT2D eigenvalue weighted by Gasteiger charge is -2.01. The lowest BCUT2D eigenvalue weighted by atomic mass is 10.2. The van der Waals surface area contributed by atoms with Crippen LogP contribution in [0.25, 0.3) is 5.57 Å². The number of carbonyl (C=O) groups is 1. The molecule has 6 nitrogen and oxygen atoms in total. The summed E-state index contributed by atoms with van der Waals surface area (Å²) in [5.41, 5.74) is -0.0256. The van der Waals surface area contributed by atoms with Crippen molar-refractivity contribution in [3.63, 3.8) is 0 Å². The second kappa shape index (κ2) is 4.32. The minimum atomic E-state index is -0.664. The third-order valence-corrected chi connectivity index (χ3v) is 1.70. The van der Waals surface area contributed by atoms with E-state index in [2.05, 4.69) is 16.3 Å². The van der Waals surface area contributed by atoms with Crippen molar-refractivity contribution in [2.75, 3.05) is 7.11 Å². The van der Waals surface area contributed by atoms with Crippen LogP contribution in [0.2, 0.25) is 0 Å². The Bertz CT molecular complexity index is 428. The average molecular weight is 208 g/mol. The second-order valence-electron chi connectivity index (χ2n) is 2.63. The monoisotopic (exact) mass is 208 g/mol. The first kappa shape index (κ1) is 10.8. The highest BCUT2D eigenvalue weighted by Crippen LogP contribution is 2.16. The van der Waals surface area contributed by atoms with E-state index in [9.17, 15) is 14.9 Å². The van der Waals surface area contributed by atoms with Crippen molar-refractivity contribution in [3.8, 4) is 0 Å². The third-order valence-electron chi connectivity index (χ3n) is 1.70. The van der Waals surface area contributed by atoms with E-state index in [0.717, 1.165) is 0 Å². The van der Waals surface area contributed by atoms with Crippen LogP contribution in [0.15, 0.2) is 24.9 Å². The van der Waals surface area contributed by atoms with Crippen molar-refractivity contribution in [2.24, 2.45) is 0 Å². The molecule has 0 bridgehead atoms. The molecule has 0 aliphatic heterocycles. The lowest BCUT2D eigenvalue weighted by molar-refractivity contribution is -0.385. The van der Waals surface area contributed by atoms with Gasteiger partial charge in [0.2, 0.25) is 0 Å². The van der Waals surface area contributed by atoms with Gasteiger partial charge in [0.25, 0.3) is 5.69 Å². The van der Waals surface area contributed by atoms with Crippen LogP contribution in [-0.2, 0) is 9.53 Å². The van der Waals surface area contributed by atoms with E-state index in [1.807, 2.05) is 0 Å². The van der Waals surface area contributed by atoms with Crippen molar-refractivity contribution in [1.29, 1.82) is 0 Å². The fourth-order valence-corrected chi connectivity index (χ4v) is 0.926. The van der Waals surface area contributed by atoms with Gasteiger partial charge in [0.15, 0.2) is 0 Å². The van der Waals surface area contributed by atoms with Crippen LogP contribution >= 0.6 is 0 Å². The zero-order valence-corrected chi connectivity index (χ0v) is 7.97. The molecule has 0 radical (unpaired) electrons. The molecule has 0 aromatic carbocycles. The number of hydrogen-bond acceptors (Lipinski definition) is 5. The standard InChI is InChI=1S/C9H8N2O4/c1-6(9(12)15-2)8-5-7(11(13)14)3-4-10-8/h3-5H,1H2,2H3. The highest BCUT2D eigenvalue weighted by molar-refractivity contribution is 6.14. The van der Waals surface area contributed by atoms with Gasteiger partial charge >= 0.3 is 5.97 Å². The number of pyridine rings is 1. The van der Waals surface area contributed by atoms with Crippen LogP contribution in [0.4, 0.5) is 5.69 Å². The van der Waals surface area contributed by atoms with Gasteiger partial charge in [0.1, 0.15) is 0 Å². The number of esters is 1. The Kier molecular flexibility index (Phi) is 3.12. The van der Waals surface area contributed by atoms with Gasteiger partial charge in [0.05, 0.1) is 23.3 Å². The highest BCUT2D eigenvalue weighted by Gasteiger charge is 2.14. The number of ether oxygens (including phenoxy) is 1. The zero-order chi connectivity index (χ0) is 11.4. The summed E-state index contributed by atoms with van der Waals surface area (Å²) in [6.45, 7) is 3.44. The molecule has 0 saturated carbocycles. The number of nitro groups is 1. The summed E-state index contributed by atoms with van der Waals surface area (Å²) in [6.07, 6.45) is 1.24. The molecule has 15 heavy (non-hydrogen) atoms. The maximum atomic E-state index is 11.1. The maximum Gasteiger partial charge on any atom is 0.339 e. The van der Waals surface area contributed by atoms with Gasteiger partial charge in [-0.05, 0) is 0 Å². The first-order valence-electron chi connectivity index (χ1n) is 3.94. The summed E-state index contributed by atoms with van der Waals surface area (Å²) in [5, 5.41) is 10.4. The molecule has 0 aliphatic carbocycles. The smallest absolute Gasteiger partial charge is 0.339 e. The lowest BCUT2D eigenvalue weighted by Crippen LogP contribution is -2.04. The van der Waals surface area contributed by atoms with Crippen LogP contribution in [-0.4, -0.2) is 23.0 Å². The Morgan fingerprint density at radius 2 is 2.33 bits per heavy atom. The predicted molar refractivity (Wildman–Crippen MR) is 51.9 cm³/mol. The number of aromatic nitrogens is 1. The van der Waals surface area contributed by atoms with E-state index in [1.54, 1.807) is 0 Å². The number of methoxy groups -OCH3 is 1. The molecule has 0 fully saturated rings. The summed E-state index contributed by atoms with van der Waals surface area (Å²) in [5.74, 6) is -0.664. The van der Waals surface area contributed by atoms with Gasteiger partial charge in [0, 0.05) is 18.3 Å². The second-order valence-corrected chi connectivity index (χ2v) is 2.63. The summed E-state index contributed by atoms with van der Waals surface area (Å²) < 4.78 is 4.42. The van der Waals surface area contributed by atoms with Gasteiger partial charge in [-0.25, -0.2) is 4.79 Å². The fourth-order valence-electron chi connectivity index (χ4n) is 0.926. The Morgan fingerprint density at radius 3 is 2.87 bits per heavy atom.